The molecule has 0 N–H and O–H groups in total. The molecule has 0 radical (unpaired) electrons. The lowest BCUT2D eigenvalue weighted by Crippen LogP contribution is -2.41. The Labute approximate surface area is 161 Å². The van der Waals surface area contributed by atoms with E-state index < -0.39 is 0 Å². The summed E-state index contributed by atoms with van der Waals surface area (Å²) >= 11 is 1.82. The predicted molar refractivity (Wildman–Crippen MR) is 109 cm³/mol. The van der Waals surface area contributed by atoms with E-state index in [0.717, 1.165) is 17.0 Å². The second-order valence-corrected chi connectivity index (χ2v) is 8.79. The number of methoxy groups -OCH3 is 1. The lowest BCUT2D eigenvalue weighted by molar-refractivity contribution is 0.00578. The van der Waals surface area contributed by atoms with E-state index >= 15 is 0 Å². The van der Waals surface area contributed by atoms with Crippen LogP contribution >= 0.6 is 11.8 Å². The van der Waals surface area contributed by atoms with Gasteiger partial charge in [-0.1, -0.05) is 23.8 Å². The zero-order valence-corrected chi connectivity index (χ0v) is 17.3. The average Bonchev–Trinajstić information content (AvgIpc) is 2.82. The van der Waals surface area contributed by atoms with Gasteiger partial charge in [0.05, 0.1) is 18.3 Å². The summed E-state index contributed by atoms with van der Waals surface area (Å²) in [5, 5.41) is 0. The molecule has 0 unspecified atom stereocenters. The third-order valence-electron chi connectivity index (χ3n) is 5.32. The molecule has 2 aromatic rings. The smallest absolute Gasteiger partial charge is 0.495 e. The van der Waals surface area contributed by atoms with Crippen molar-refractivity contribution >= 4 is 24.3 Å². The molecule has 0 saturated carbocycles. The van der Waals surface area contributed by atoms with Crippen LogP contribution in [0, 0.1) is 6.92 Å². The van der Waals surface area contributed by atoms with Crippen molar-refractivity contribution in [3.63, 3.8) is 0 Å². The Morgan fingerprint density at radius 3 is 2.15 bits per heavy atom. The Morgan fingerprint density at radius 2 is 1.58 bits per heavy atom. The molecule has 1 aliphatic rings. The summed E-state index contributed by atoms with van der Waals surface area (Å²) in [7, 11) is 1.37. The molecule has 0 aromatic heterocycles. The molecular weight excluding hydrogens is 343 g/mol. The molecule has 0 spiro atoms. The van der Waals surface area contributed by atoms with Crippen LogP contribution in [0.1, 0.15) is 38.8 Å². The number of hydrogen-bond donors (Lipinski definition) is 0. The maximum Gasteiger partial charge on any atom is 0.495 e. The van der Waals surface area contributed by atoms with Gasteiger partial charge in [0.25, 0.3) is 0 Å². The van der Waals surface area contributed by atoms with E-state index in [1.54, 1.807) is 7.11 Å². The first-order valence-electron chi connectivity index (χ1n) is 8.94. The maximum absolute atomic E-state index is 6.23. The fourth-order valence-electron chi connectivity index (χ4n) is 2.82. The van der Waals surface area contributed by atoms with Crippen LogP contribution in [0.3, 0.4) is 0 Å². The van der Waals surface area contributed by atoms with Gasteiger partial charge in [0.1, 0.15) is 5.75 Å². The van der Waals surface area contributed by atoms with Crippen LogP contribution in [0.25, 0.3) is 0 Å². The van der Waals surface area contributed by atoms with Crippen molar-refractivity contribution in [1.29, 1.82) is 0 Å². The zero-order chi connectivity index (χ0) is 18.9. The molecule has 1 fully saturated rings. The van der Waals surface area contributed by atoms with Crippen LogP contribution in [-0.2, 0) is 15.1 Å². The van der Waals surface area contributed by atoms with E-state index in [1.807, 2.05) is 23.9 Å². The summed E-state index contributed by atoms with van der Waals surface area (Å²) < 4.78 is 17.7. The van der Waals surface area contributed by atoms with Crippen molar-refractivity contribution in [2.75, 3.05) is 7.11 Å². The predicted octanol–water partition coefficient (Wildman–Crippen LogP) is 4.60. The van der Waals surface area contributed by atoms with E-state index in [1.165, 1.54) is 16.0 Å². The minimum Gasteiger partial charge on any atom is -0.497 e. The van der Waals surface area contributed by atoms with Crippen molar-refractivity contribution < 1.29 is 14.0 Å². The minimum atomic E-state index is -0.323. The van der Waals surface area contributed by atoms with E-state index in [4.69, 9.17) is 14.0 Å². The largest absolute Gasteiger partial charge is 0.497 e. The second kappa shape index (κ2) is 7.30. The van der Waals surface area contributed by atoms with Gasteiger partial charge < -0.3 is 14.0 Å². The molecule has 0 amide bonds. The summed E-state index contributed by atoms with van der Waals surface area (Å²) in [6, 6.07) is 14.7. The third kappa shape index (κ3) is 3.95. The normalized spacial score (nSPS) is 18.2. The van der Waals surface area contributed by atoms with Gasteiger partial charge in [-0.3, -0.25) is 0 Å². The number of rotatable bonds is 5. The molecule has 5 heteroatoms. The molecular formula is C21H27BO3S. The highest BCUT2D eigenvalue weighted by molar-refractivity contribution is 7.98. The van der Waals surface area contributed by atoms with Crippen LogP contribution in [0.4, 0.5) is 0 Å². The molecule has 0 atom stereocenters. The van der Waals surface area contributed by atoms with Crippen molar-refractivity contribution in [3.05, 3.63) is 53.6 Å². The first kappa shape index (κ1) is 19.3. The molecule has 138 valence electrons. The van der Waals surface area contributed by atoms with Crippen molar-refractivity contribution in [2.45, 2.75) is 56.5 Å². The number of thioether (sulfide) groups is 1. The van der Waals surface area contributed by atoms with Crippen molar-refractivity contribution in [3.8, 4) is 5.75 Å². The first-order chi connectivity index (χ1) is 12.2. The zero-order valence-electron chi connectivity index (χ0n) is 16.5. The Balaban J connectivity index is 1.73. The number of benzene rings is 2. The summed E-state index contributed by atoms with van der Waals surface area (Å²) in [4.78, 5) is 1.22. The lowest BCUT2D eigenvalue weighted by Gasteiger charge is -2.32. The molecule has 0 aliphatic carbocycles. The lowest BCUT2D eigenvalue weighted by atomic mass is 9.76. The van der Waals surface area contributed by atoms with E-state index in [2.05, 4.69) is 65.0 Å². The highest BCUT2D eigenvalue weighted by Gasteiger charge is 2.52. The average molecular weight is 370 g/mol. The fourth-order valence-corrected chi connectivity index (χ4v) is 3.72. The molecule has 26 heavy (non-hydrogen) atoms. The Hall–Kier alpha value is -1.43. The summed E-state index contributed by atoms with van der Waals surface area (Å²) in [5.41, 5.74) is 2.93. The SMILES string of the molecule is COc1ccc(CSc2ccc(C)c(B3OC(C)(C)C(C)(C)O3)c2)cc1. The van der Waals surface area contributed by atoms with Gasteiger partial charge in [-0.2, -0.15) is 0 Å². The van der Waals surface area contributed by atoms with Crippen LogP contribution in [0.2, 0.25) is 0 Å². The summed E-state index contributed by atoms with van der Waals surface area (Å²) in [6.45, 7) is 10.5. The van der Waals surface area contributed by atoms with E-state index in [0.29, 0.717) is 0 Å². The van der Waals surface area contributed by atoms with Crippen molar-refractivity contribution in [2.24, 2.45) is 0 Å². The van der Waals surface area contributed by atoms with Gasteiger partial charge in [0.2, 0.25) is 0 Å². The molecule has 1 saturated heterocycles. The Kier molecular flexibility index (Phi) is 5.43. The topological polar surface area (TPSA) is 27.7 Å². The Morgan fingerprint density at radius 1 is 0.962 bits per heavy atom. The number of hydrogen-bond acceptors (Lipinski definition) is 4. The number of ether oxygens (including phenoxy) is 1. The number of aryl methyl sites for hydroxylation is 1. The minimum absolute atomic E-state index is 0.318. The quantitative estimate of drug-likeness (QED) is 0.568. The van der Waals surface area contributed by atoms with Gasteiger partial charge in [-0.25, -0.2) is 0 Å². The second-order valence-electron chi connectivity index (χ2n) is 7.74. The highest BCUT2D eigenvalue weighted by atomic mass is 32.2. The van der Waals surface area contributed by atoms with E-state index in [9.17, 15) is 0 Å². The molecule has 3 rings (SSSR count). The van der Waals surface area contributed by atoms with Crippen molar-refractivity contribution in [1.82, 2.24) is 0 Å². The monoisotopic (exact) mass is 370 g/mol. The van der Waals surface area contributed by atoms with Crippen LogP contribution in [-0.4, -0.2) is 25.4 Å². The van der Waals surface area contributed by atoms with Crippen LogP contribution in [0.15, 0.2) is 47.4 Å². The van der Waals surface area contributed by atoms with Crippen LogP contribution in [0.5, 0.6) is 5.75 Å². The standard InChI is InChI=1S/C21H27BO3S/c1-15-7-12-18(26-14-16-8-10-17(23-6)11-9-16)13-19(15)22-24-20(2,3)21(4,5)25-22/h7-13H,14H2,1-6H3. The third-order valence-corrected chi connectivity index (χ3v) is 6.39. The highest BCUT2D eigenvalue weighted by Crippen LogP contribution is 2.37. The molecule has 0 bridgehead atoms. The fraction of sp³-hybridized carbons (Fsp3) is 0.429. The van der Waals surface area contributed by atoms with Gasteiger partial charge in [0.15, 0.2) is 0 Å². The van der Waals surface area contributed by atoms with Gasteiger partial charge in [-0.15, -0.1) is 11.8 Å². The molecule has 2 aromatic carbocycles. The molecule has 3 nitrogen and oxygen atoms in total. The van der Waals surface area contributed by atoms with E-state index in [-0.39, 0.29) is 18.3 Å². The Bertz CT molecular complexity index is 755. The van der Waals surface area contributed by atoms with Crippen LogP contribution < -0.4 is 10.2 Å². The van der Waals surface area contributed by atoms with Gasteiger partial charge in [-0.05, 0) is 69.9 Å². The molecule has 1 aliphatic heterocycles. The van der Waals surface area contributed by atoms with Gasteiger partial charge >= 0.3 is 7.12 Å². The summed E-state index contributed by atoms with van der Waals surface area (Å²) in [5.74, 6) is 1.80. The first-order valence-corrected chi connectivity index (χ1v) is 9.92. The summed E-state index contributed by atoms with van der Waals surface area (Å²) in [6.07, 6.45) is 0. The van der Waals surface area contributed by atoms with Gasteiger partial charge in [0, 0.05) is 10.6 Å². The molecule has 1 heterocycles. The maximum atomic E-state index is 6.23.